The van der Waals surface area contributed by atoms with Crippen molar-refractivity contribution in [1.82, 2.24) is 15.4 Å². The van der Waals surface area contributed by atoms with Gasteiger partial charge in [-0.2, -0.15) is 0 Å². The number of piperidine rings is 1. The largest absolute Gasteiger partial charge is 0.490 e. The summed E-state index contributed by atoms with van der Waals surface area (Å²) in [7, 11) is -3.63. The van der Waals surface area contributed by atoms with Gasteiger partial charge < -0.3 is 10.1 Å². The maximum Gasteiger partial charge on any atom is 0.243 e. The van der Waals surface area contributed by atoms with Gasteiger partial charge in [0.2, 0.25) is 21.8 Å². The highest BCUT2D eigenvalue weighted by molar-refractivity contribution is 7.89. The van der Waals surface area contributed by atoms with Crippen molar-refractivity contribution in [2.45, 2.75) is 57.5 Å². The van der Waals surface area contributed by atoms with E-state index in [2.05, 4.69) is 15.4 Å². The standard InChI is InChI=1S/C21H30FN3O5S/c1-21(2,15-6-7-16(22)18(12-15)30-13-14-4-5-14)25-31(28,29)11-3-10-23-17-8-9-19(26)24-20(17)27/h6-7,12,14,17,23,25H,3-5,8-11,13H2,1-2H3,(H,24,26,27). The van der Waals surface area contributed by atoms with Crippen LogP contribution in [-0.2, 0) is 25.2 Å². The molecule has 0 bridgehead atoms. The molecule has 3 N–H and O–H groups in total. The Hall–Kier alpha value is -2.04. The fourth-order valence-electron chi connectivity index (χ4n) is 3.42. The average Bonchev–Trinajstić information content (AvgIpc) is 3.49. The smallest absolute Gasteiger partial charge is 0.243 e. The molecule has 1 saturated heterocycles. The number of amides is 2. The van der Waals surface area contributed by atoms with Crippen molar-refractivity contribution in [3.8, 4) is 5.75 Å². The van der Waals surface area contributed by atoms with Gasteiger partial charge in [-0.25, -0.2) is 17.5 Å². The topological polar surface area (TPSA) is 114 Å². The predicted octanol–water partition coefficient (Wildman–Crippen LogP) is 1.55. The van der Waals surface area contributed by atoms with Crippen LogP contribution in [0.3, 0.4) is 0 Å². The zero-order chi connectivity index (χ0) is 22.6. The van der Waals surface area contributed by atoms with Crippen molar-refractivity contribution in [3.05, 3.63) is 29.6 Å². The van der Waals surface area contributed by atoms with Crippen LogP contribution in [0.15, 0.2) is 18.2 Å². The molecule has 1 aliphatic carbocycles. The lowest BCUT2D eigenvalue weighted by molar-refractivity contribution is -0.134. The summed E-state index contributed by atoms with van der Waals surface area (Å²) < 4.78 is 47.5. The number of nitrogens with one attached hydrogen (secondary N) is 3. The second-order valence-corrected chi connectivity index (χ2v) is 10.6. The van der Waals surface area contributed by atoms with Crippen LogP contribution in [0.2, 0.25) is 0 Å². The summed E-state index contributed by atoms with van der Waals surface area (Å²) in [6.07, 6.45) is 3.14. The minimum absolute atomic E-state index is 0.130. The first-order valence-corrected chi connectivity index (χ1v) is 12.2. The van der Waals surface area contributed by atoms with Gasteiger partial charge in [0.15, 0.2) is 11.6 Å². The Kier molecular flexibility index (Phi) is 7.33. The van der Waals surface area contributed by atoms with Gasteiger partial charge in [-0.3, -0.25) is 14.9 Å². The summed E-state index contributed by atoms with van der Waals surface area (Å²) in [6, 6.07) is 3.90. The van der Waals surface area contributed by atoms with Crippen molar-refractivity contribution in [2.24, 2.45) is 5.92 Å². The Morgan fingerprint density at radius 3 is 2.65 bits per heavy atom. The molecule has 172 valence electrons. The molecule has 10 heteroatoms. The lowest BCUT2D eigenvalue weighted by Gasteiger charge is -2.27. The summed E-state index contributed by atoms with van der Waals surface area (Å²) in [5, 5.41) is 5.24. The first-order chi connectivity index (χ1) is 14.6. The number of hydrogen-bond donors (Lipinski definition) is 3. The Morgan fingerprint density at radius 2 is 1.97 bits per heavy atom. The zero-order valence-electron chi connectivity index (χ0n) is 17.9. The number of sulfonamides is 1. The van der Waals surface area contributed by atoms with Crippen LogP contribution in [0.5, 0.6) is 5.75 Å². The van der Waals surface area contributed by atoms with Crippen molar-refractivity contribution >= 4 is 21.8 Å². The summed E-state index contributed by atoms with van der Waals surface area (Å²) in [5.74, 6) is -0.674. The van der Waals surface area contributed by atoms with Crippen LogP contribution in [0.1, 0.15) is 51.5 Å². The highest BCUT2D eigenvalue weighted by Gasteiger charge is 2.29. The predicted molar refractivity (Wildman–Crippen MR) is 113 cm³/mol. The second kappa shape index (κ2) is 9.62. The minimum atomic E-state index is -3.63. The Balaban J connectivity index is 1.51. The van der Waals surface area contributed by atoms with E-state index < -0.39 is 27.4 Å². The third-order valence-corrected chi connectivity index (χ3v) is 7.10. The zero-order valence-corrected chi connectivity index (χ0v) is 18.7. The molecule has 1 aliphatic heterocycles. The number of halogens is 1. The Labute approximate surface area is 182 Å². The number of carbonyl (C=O) groups is 2. The van der Waals surface area contributed by atoms with Crippen LogP contribution in [0.4, 0.5) is 4.39 Å². The van der Waals surface area contributed by atoms with Crippen molar-refractivity contribution in [1.29, 1.82) is 0 Å². The highest BCUT2D eigenvalue weighted by atomic mass is 32.2. The monoisotopic (exact) mass is 455 g/mol. The van der Waals surface area contributed by atoms with Crippen LogP contribution in [0.25, 0.3) is 0 Å². The van der Waals surface area contributed by atoms with Gasteiger partial charge >= 0.3 is 0 Å². The quantitative estimate of drug-likeness (QED) is 0.345. The summed E-state index contributed by atoms with van der Waals surface area (Å²) in [6.45, 7) is 4.21. The third-order valence-electron chi connectivity index (χ3n) is 5.45. The molecule has 8 nitrogen and oxygen atoms in total. The van der Waals surface area contributed by atoms with E-state index in [1.165, 1.54) is 6.07 Å². The summed E-state index contributed by atoms with van der Waals surface area (Å²) >= 11 is 0. The molecule has 1 aromatic carbocycles. The Morgan fingerprint density at radius 1 is 1.23 bits per heavy atom. The van der Waals surface area contributed by atoms with Crippen LogP contribution >= 0.6 is 0 Å². The number of ether oxygens (including phenoxy) is 1. The maximum absolute atomic E-state index is 14.1. The number of hydrogen-bond acceptors (Lipinski definition) is 6. The van der Waals surface area contributed by atoms with Gasteiger partial charge in [0.25, 0.3) is 0 Å². The van der Waals surface area contributed by atoms with E-state index in [4.69, 9.17) is 4.74 Å². The fraction of sp³-hybridized carbons (Fsp3) is 0.619. The molecule has 1 heterocycles. The first kappa shape index (κ1) is 23.6. The van der Waals surface area contributed by atoms with Crippen molar-refractivity contribution < 1.29 is 27.1 Å². The van der Waals surface area contributed by atoms with E-state index in [1.54, 1.807) is 26.0 Å². The van der Waals surface area contributed by atoms with Gasteiger partial charge in [-0.15, -0.1) is 0 Å². The number of benzene rings is 1. The molecule has 3 rings (SSSR count). The molecule has 2 aliphatic rings. The molecule has 1 atom stereocenters. The Bertz CT molecular complexity index is 931. The lowest BCUT2D eigenvalue weighted by atomic mass is 9.95. The average molecular weight is 456 g/mol. The van der Waals surface area contributed by atoms with E-state index in [9.17, 15) is 22.4 Å². The fourth-order valence-corrected chi connectivity index (χ4v) is 4.94. The molecule has 0 aromatic heterocycles. The molecule has 1 unspecified atom stereocenters. The maximum atomic E-state index is 14.1. The SMILES string of the molecule is CC(C)(NS(=O)(=O)CCCNC1CCC(=O)NC1=O)c1ccc(F)c(OCC2CC2)c1. The molecule has 2 fully saturated rings. The summed E-state index contributed by atoms with van der Waals surface area (Å²) in [5.41, 5.74) is -0.355. The van der Waals surface area contributed by atoms with E-state index in [1.807, 2.05) is 0 Å². The highest BCUT2D eigenvalue weighted by Crippen LogP contribution is 2.32. The van der Waals surface area contributed by atoms with E-state index in [-0.39, 0.29) is 29.7 Å². The minimum Gasteiger partial charge on any atom is -0.490 e. The normalized spacial score (nSPS) is 19.9. The van der Waals surface area contributed by atoms with E-state index in [0.717, 1.165) is 12.8 Å². The third kappa shape index (κ3) is 6.98. The molecular weight excluding hydrogens is 425 g/mol. The number of rotatable bonds is 11. The van der Waals surface area contributed by atoms with Crippen LogP contribution < -0.4 is 20.1 Å². The van der Waals surface area contributed by atoms with Gasteiger partial charge in [0.1, 0.15) is 0 Å². The molecular formula is C21H30FN3O5S. The molecule has 1 aromatic rings. The molecule has 0 spiro atoms. The molecule has 31 heavy (non-hydrogen) atoms. The van der Waals surface area contributed by atoms with Crippen LogP contribution in [-0.4, -0.2) is 45.2 Å². The molecule has 2 amide bonds. The van der Waals surface area contributed by atoms with Crippen LogP contribution in [0, 0.1) is 11.7 Å². The van der Waals surface area contributed by atoms with E-state index >= 15 is 0 Å². The van der Waals surface area contributed by atoms with Gasteiger partial charge in [0, 0.05) is 6.42 Å². The molecule has 1 saturated carbocycles. The van der Waals surface area contributed by atoms with Gasteiger partial charge in [0.05, 0.1) is 23.9 Å². The summed E-state index contributed by atoms with van der Waals surface area (Å²) in [4.78, 5) is 22.9. The van der Waals surface area contributed by atoms with Crippen molar-refractivity contribution in [2.75, 3.05) is 18.9 Å². The lowest BCUT2D eigenvalue weighted by Crippen LogP contribution is -2.51. The number of carbonyl (C=O) groups excluding carboxylic acids is 2. The van der Waals surface area contributed by atoms with Gasteiger partial charge in [-0.1, -0.05) is 6.07 Å². The van der Waals surface area contributed by atoms with Crippen molar-refractivity contribution in [3.63, 3.8) is 0 Å². The second-order valence-electron chi connectivity index (χ2n) is 8.76. The first-order valence-electron chi connectivity index (χ1n) is 10.6. The molecule has 0 radical (unpaired) electrons. The number of imide groups is 1. The van der Waals surface area contributed by atoms with Gasteiger partial charge in [-0.05, 0) is 69.7 Å². The van der Waals surface area contributed by atoms with E-state index in [0.29, 0.717) is 37.5 Å².